The predicted molar refractivity (Wildman–Crippen MR) is 76.3 cm³/mol. The molecule has 106 valence electrons. The maximum Gasteiger partial charge on any atom is 0.417 e. The van der Waals surface area contributed by atoms with Gasteiger partial charge in [-0.1, -0.05) is 28.4 Å². The third kappa shape index (κ3) is 5.68. The van der Waals surface area contributed by atoms with Crippen LogP contribution in [-0.4, -0.2) is 6.54 Å². The smallest absolute Gasteiger partial charge is 0.385 e. The summed E-state index contributed by atoms with van der Waals surface area (Å²) in [6, 6.07) is 4.19. The average Bonchev–Trinajstić information content (AvgIpc) is 2.34. The van der Waals surface area contributed by atoms with Crippen LogP contribution in [0.1, 0.15) is 31.2 Å². The van der Waals surface area contributed by atoms with Crippen LogP contribution in [0.3, 0.4) is 0 Å². The van der Waals surface area contributed by atoms with E-state index in [-0.39, 0.29) is 4.47 Å². The molecule has 0 unspecified atom stereocenters. The highest BCUT2D eigenvalue weighted by molar-refractivity contribution is 9.10. The van der Waals surface area contributed by atoms with Gasteiger partial charge in [0, 0.05) is 16.7 Å². The molecule has 0 spiro atoms. The minimum absolute atomic E-state index is 0.0662. The number of nitrogens with one attached hydrogen (secondary N) is 1. The number of halogens is 4. The summed E-state index contributed by atoms with van der Waals surface area (Å²) in [6.45, 7) is 4.32. The van der Waals surface area contributed by atoms with E-state index in [1.54, 1.807) is 6.07 Å². The molecule has 0 radical (unpaired) electrons. The lowest BCUT2D eigenvalue weighted by Crippen LogP contribution is -2.08. The summed E-state index contributed by atoms with van der Waals surface area (Å²) >= 11 is 2.92. The van der Waals surface area contributed by atoms with Crippen LogP contribution in [0.4, 0.5) is 18.9 Å². The summed E-state index contributed by atoms with van der Waals surface area (Å²) in [5, 5.41) is 3.01. The van der Waals surface area contributed by atoms with Crippen molar-refractivity contribution < 1.29 is 13.2 Å². The Hall–Kier alpha value is -0.970. The van der Waals surface area contributed by atoms with Gasteiger partial charge in [0.15, 0.2) is 0 Å². The maximum atomic E-state index is 12.7. The fourth-order valence-corrected chi connectivity index (χ4v) is 2.15. The highest BCUT2D eigenvalue weighted by Crippen LogP contribution is 2.36. The Balaban J connectivity index is 2.49. The second-order valence-corrected chi connectivity index (χ2v) is 5.11. The Morgan fingerprint density at radius 3 is 2.58 bits per heavy atom. The van der Waals surface area contributed by atoms with E-state index in [1.165, 1.54) is 6.07 Å². The fourth-order valence-electron chi connectivity index (χ4n) is 1.68. The molecule has 1 aromatic carbocycles. The van der Waals surface area contributed by atoms with Crippen molar-refractivity contribution in [2.75, 3.05) is 11.9 Å². The minimum Gasteiger partial charge on any atom is -0.385 e. The highest BCUT2D eigenvalue weighted by atomic mass is 79.9. The summed E-state index contributed by atoms with van der Waals surface area (Å²) in [7, 11) is 0. The molecule has 1 rings (SSSR count). The number of unbranched alkanes of at least 4 members (excludes halogenated alkanes) is 3. The number of rotatable bonds is 7. The van der Waals surface area contributed by atoms with E-state index in [1.807, 2.05) is 6.08 Å². The number of benzene rings is 1. The SMILES string of the molecule is C=CCCCCCNc1ccc(Br)c(C(F)(F)F)c1. The average molecular weight is 336 g/mol. The first kappa shape index (κ1) is 16.1. The summed E-state index contributed by atoms with van der Waals surface area (Å²) < 4.78 is 38.1. The molecule has 0 atom stereocenters. The minimum atomic E-state index is -4.33. The lowest BCUT2D eigenvalue weighted by atomic mass is 10.1. The summed E-state index contributed by atoms with van der Waals surface area (Å²) in [4.78, 5) is 0. The van der Waals surface area contributed by atoms with E-state index < -0.39 is 11.7 Å². The van der Waals surface area contributed by atoms with Gasteiger partial charge in [-0.2, -0.15) is 13.2 Å². The lowest BCUT2D eigenvalue weighted by molar-refractivity contribution is -0.138. The quantitative estimate of drug-likeness (QED) is 0.503. The molecule has 1 aromatic rings. The summed E-state index contributed by atoms with van der Waals surface area (Å²) in [5.41, 5.74) is -0.150. The second-order valence-electron chi connectivity index (χ2n) is 4.26. The molecule has 0 saturated carbocycles. The Morgan fingerprint density at radius 1 is 1.21 bits per heavy atom. The summed E-state index contributed by atoms with van der Waals surface area (Å²) in [5.74, 6) is 0. The lowest BCUT2D eigenvalue weighted by Gasteiger charge is -2.12. The molecule has 5 heteroatoms. The first-order valence-electron chi connectivity index (χ1n) is 6.16. The number of anilines is 1. The largest absolute Gasteiger partial charge is 0.417 e. The van der Waals surface area contributed by atoms with Crippen molar-refractivity contribution in [2.45, 2.75) is 31.9 Å². The first-order valence-corrected chi connectivity index (χ1v) is 6.96. The second kappa shape index (κ2) is 7.58. The molecule has 1 N–H and O–H groups in total. The molecule has 0 aliphatic heterocycles. The maximum absolute atomic E-state index is 12.7. The molecule has 0 heterocycles. The van der Waals surface area contributed by atoms with Crippen molar-refractivity contribution in [3.63, 3.8) is 0 Å². The van der Waals surface area contributed by atoms with Crippen molar-refractivity contribution in [1.29, 1.82) is 0 Å². The molecule has 0 aromatic heterocycles. The van der Waals surface area contributed by atoms with Crippen molar-refractivity contribution in [3.8, 4) is 0 Å². The van der Waals surface area contributed by atoms with Crippen LogP contribution in [0, 0.1) is 0 Å². The number of hydrogen-bond donors (Lipinski definition) is 1. The Kier molecular flexibility index (Phi) is 6.42. The van der Waals surface area contributed by atoms with Crippen LogP contribution in [0.5, 0.6) is 0 Å². The van der Waals surface area contributed by atoms with E-state index in [2.05, 4.69) is 27.8 Å². The van der Waals surface area contributed by atoms with Crippen LogP contribution in [0.2, 0.25) is 0 Å². The zero-order chi connectivity index (χ0) is 14.3. The standard InChI is InChI=1S/C14H17BrF3N/c1-2-3-4-5-6-9-19-11-7-8-13(15)12(10-11)14(16,17)18/h2,7-8,10,19H,1,3-6,9H2. The zero-order valence-corrected chi connectivity index (χ0v) is 12.1. The zero-order valence-electron chi connectivity index (χ0n) is 10.6. The third-order valence-electron chi connectivity index (χ3n) is 2.69. The normalized spacial score (nSPS) is 11.4. The van der Waals surface area contributed by atoms with Gasteiger partial charge in [0.25, 0.3) is 0 Å². The van der Waals surface area contributed by atoms with Gasteiger partial charge in [0.2, 0.25) is 0 Å². The van der Waals surface area contributed by atoms with Crippen molar-refractivity contribution in [3.05, 3.63) is 40.9 Å². The van der Waals surface area contributed by atoms with E-state index in [0.29, 0.717) is 12.2 Å². The molecule has 0 aliphatic rings. The third-order valence-corrected chi connectivity index (χ3v) is 3.38. The molecule has 0 amide bonds. The van der Waals surface area contributed by atoms with Gasteiger partial charge in [-0.3, -0.25) is 0 Å². The Morgan fingerprint density at radius 2 is 1.95 bits per heavy atom. The van der Waals surface area contributed by atoms with Crippen molar-refractivity contribution >= 4 is 21.6 Å². The molecule has 0 fully saturated rings. The molecular formula is C14H17BrF3N. The van der Waals surface area contributed by atoms with Crippen LogP contribution in [0.15, 0.2) is 35.3 Å². The van der Waals surface area contributed by atoms with E-state index in [4.69, 9.17) is 0 Å². The molecular weight excluding hydrogens is 319 g/mol. The number of allylic oxidation sites excluding steroid dienone is 1. The van der Waals surface area contributed by atoms with Crippen LogP contribution >= 0.6 is 15.9 Å². The van der Waals surface area contributed by atoms with Crippen LogP contribution in [0.25, 0.3) is 0 Å². The van der Waals surface area contributed by atoms with Crippen LogP contribution < -0.4 is 5.32 Å². The molecule has 1 nitrogen and oxygen atoms in total. The highest BCUT2D eigenvalue weighted by Gasteiger charge is 2.33. The topological polar surface area (TPSA) is 12.0 Å². The van der Waals surface area contributed by atoms with Crippen LogP contribution in [-0.2, 0) is 6.18 Å². The van der Waals surface area contributed by atoms with Gasteiger partial charge in [0.1, 0.15) is 0 Å². The van der Waals surface area contributed by atoms with Gasteiger partial charge < -0.3 is 5.32 Å². The van der Waals surface area contributed by atoms with Gasteiger partial charge >= 0.3 is 6.18 Å². The Labute approximate surface area is 120 Å². The van der Waals surface area contributed by atoms with E-state index in [0.717, 1.165) is 31.7 Å². The van der Waals surface area contributed by atoms with Gasteiger partial charge in [-0.15, -0.1) is 6.58 Å². The monoisotopic (exact) mass is 335 g/mol. The Bertz CT molecular complexity index is 416. The molecule has 0 aliphatic carbocycles. The van der Waals surface area contributed by atoms with Gasteiger partial charge in [-0.05, 0) is 37.5 Å². The fraction of sp³-hybridized carbons (Fsp3) is 0.429. The van der Waals surface area contributed by atoms with E-state index in [9.17, 15) is 13.2 Å². The van der Waals surface area contributed by atoms with Crippen molar-refractivity contribution in [2.24, 2.45) is 0 Å². The number of hydrogen-bond acceptors (Lipinski definition) is 1. The van der Waals surface area contributed by atoms with Gasteiger partial charge in [0.05, 0.1) is 5.56 Å². The number of alkyl halides is 3. The van der Waals surface area contributed by atoms with E-state index >= 15 is 0 Å². The molecule has 0 saturated heterocycles. The van der Waals surface area contributed by atoms with Gasteiger partial charge in [-0.25, -0.2) is 0 Å². The predicted octanol–water partition coefficient (Wildman–Crippen LogP) is 5.63. The molecule has 19 heavy (non-hydrogen) atoms. The first-order chi connectivity index (χ1) is 8.95. The molecule has 0 bridgehead atoms. The summed E-state index contributed by atoms with van der Waals surface area (Å²) in [6.07, 6.45) is 1.57. The van der Waals surface area contributed by atoms with Crippen molar-refractivity contribution in [1.82, 2.24) is 0 Å².